The molecule has 0 N–H and O–H groups in total. The zero-order valence-electron chi connectivity index (χ0n) is 14.9. The zero-order chi connectivity index (χ0) is 19.1. The molecule has 0 aromatic heterocycles. The third-order valence-electron chi connectivity index (χ3n) is 5.40. The van der Waals surface area contributed by atoms with E-state index in [0.717, 1.165) is 4.31 Å². The normalized spacial score (nSPS) is 25.3. The molecule has 4 rings (SSSR count). The zero-order valence-corrected chi connectivity index (χ0v) is 15.7. The van der Waals surface area contributed by atoms with Gasteiger partial charge in [0.15, 0.2) is 5.79 Å². The van der Waals surface area contributed by atoms with Gasteiger partial charge in [0.1, 0.15) is 6.04 Å². The molecule has 0 radical (unpaired) electrons. The van der Waals surface area contributed by atoms with Gasteiger partial charge in [0.25, 0.3) is 10.0 Å². The van der Waals surface area contributed by atoms with Crippen LogP contribution >= 0.6 is 0 Å². The van der Waals surface area contributed by atoms with Crippen molar-refractivity contribution in [1.82, 2.24) is 9.21 Å². The number of benzene rings is 1. The molecule has 3 aliphatic rings. The van der Waals surface area contributed by atoms with Gasteiger partial charge in [0.2, 0.25) is 11.8 Å². The number of ether oxygens (including phenoxy) is 2. The summed E-state index contributed by atoms with van der Waals surface area (Å²) in [6, 6.07) is 6.77. The fourth-order valence-corrected chi connectivity index (χ4v) is 5.58. The summed E-state index contributed by atoms with van der Waals surface area (Å²) in [5.41, 5.74) is 0. The fourth-order valence-electron chi connectivity index (χ4n) is 3.96. The Morgan fingerprint density at radius 2 is 1.70 bits per heavy atom. The minimum atomic E-state index is -4.06. The van der Waals surface area contributed by atoms with Crippen LogP contribution in [0.3, 0.4) is 0 Å². The first-order valence-corrected chi connectivity index (χ1v) is 10.6. The number of piperidine rings is 1. The summed E-state index contributed by atoms with van der Waals surface area (Å²) in [7, 11) is -4.06. The van der Waals surface area contributed by atoms with Crippen LogP contribution in [0.2, 0.25) is 0 Å². The van der Waals surface area contributed by atoms with E-state index in [-0.39, 0.29) is 23.6 Å². The largest absolute Gasteiger partial charge is 0.347 e. The fraction of sp³-hybridized carbons (Fsp3) is 0.556. The Hall–Kier alpha value is -1.97. The number of amides is 2. The highest BCUT2D eigenvalue weighted by atomic mass is 32.2. The molecule has 27 heavy (non-hydrogen) atoms. The van der Waals surface area contributed by atoms with Gasteiger partial charge in [-0.2, -0.15) is 0 Å². The van der Waals surface area contributed by atoms with Gasteiger partial charge in [-0.25, -0.2) is 12.7 Å². The van der Waals surface area contributed by atoms with Crippen LogP contribution in [0.4, 0.5) is 0 Å². The molecule has 0 saturated carbocycles. The lowest BCUT2D eigenvalue weighted by molar-refractivity contribution is -0.188. The lowest BCUT2D eigenvalue weighted by Crippen LogP contribution is -2.53. The SMILES string of the molecule is O=C(C1CCC(=O)N1S(=O)(=O)c1ccccc1)N1CCC2(CC1)OCCO2. The van der Waals surface area contributed by atoms with E-state index < -0.39 is 27.8 Å². The molecule has 1 spiro atoms. The van der Waals surface area contributed by atoms with Gasteiger partial charge in [-0.05, 0) is 18.6 Å². The Balaban J connectivity index is 1.52. The van der Waals surface area contributed by atoms with Crippen molar-refractivity contribution in [3.8, 4) is 0 Å². The highest BCUT2D eigenvalue weighted by Gasteiger charge is 2.47. The molecule has 146 valence electrons. The second-order valence-corrected chi connectivity index (χ2v) is 8.81. The first-order chi connectivity index (χ1) is 12.9. The number of likely N-dealkylation sites (tertiary alicyclic amines) is 1. The van der Waals surface area contributed by atoms with E-state index in [4.69, 9.17) is 9.47 Å². The van der Waals surface area contributed by atoms with Gasteiger partial charge >= 0.3 is 0 Å². The van der Waals surface area contributed by atoms with Crippen LogP contribution in [0, 0.1) is 0 Å². The molecular weight excluding hydrogens is 372 g/mol. The highest BCUT2D eigenvalue weighted by Crippen LogP contribution is 2.33. The van der Waals surface area contributed by atoms with E-state index >= 15 is 0 Å². The van der Waals surface area contributed by atoms with Crippen molar-refractivity contribution >= 4 is 21.8 Å². The van der Waals surface area contributed by atoms with Gasteiger partial charge in [0, 0.05) is 32.4 Å². The topological polar surface area (TPSA) is 93.2 Å². The molecule has 0 aliphatic carbocycles. The summed E-state index contributed by atoms with van der Waals surface area (Å²) in [4.78, 5) is 27.0. The monoisotopic (exact) mass is 394 g/mol. The summed E-state index contributed by atoms with van der Waals surface area (Å²) < 4.78 is 38.0. The van der Waals surface area contributed by atoms with Crippen LogP contribution in [0.5, 0.6) is 0 Å². The predicted molar refractivity (Wildman–Crippen MR) is 93.9 cm³/mol. The van der Waals surface area contributed by atoms with Gasteiger partial charge in [-0.3, -0.25) is 9.59 Å². The molecule has 9 heteroatoms. The van der Waals surface area contributed by atoms with Crippen molar-refractivity contribution in [3.63, 3.8) is 0 Å². The Labute approximate surface area is 158 Å². The van der Waals surface area contributed by atoms with Gasteiger partial charge < -0.3 is 14.4 Å². The molecule has 1 unspecified atom stereocenters. The third-order valence-corrected chi connectivity index (χ3v) is 7.24. The molecular formula is C18H22N2O6S. The first kappa shape index (κ1) is 18.4. The quantitative estimate of drug-likeness (QED) is 0.750. The molecule has 3 saturated heterocycles. The average Bonchev–Trinajstić information content (AvgIpc) is 3.30. The smallest absolute Gasteiger partial charge is 0.267 e. The second kappa shape index (κ2) is 6.88. The van der Waals surface area contributed by atoms with Gasteiger partial charge in [-0.15, -0.1) is 0 Å². The highest BCUT2D eigenvalue weighted by molar-refractivity contribution is 7.89. The lowest BCUT2D eigenvalue weighted by Gasteiger charge is -2.39. The molecule has 2 amide bonds. The van der Waals surface area contributed by atoms with Crippen molar-refractivity contribution in [3.05, 3.63) is 30.3 Å². The maximum absolute atomic E-state index is 13.0. The van der Waals surface area contributed by atoms with Crippen molar-refractivity contribution in [2.24, 2.45) is 0 Å². The van der Waals surface area contributed by atoms with E-state index in [2.05, 4.69) is 0 Å². The summed E-state index contributed by atoms with van der Waals surface area (Å²) in [6.45, 7) is 1.94. The number of carbonyl (C=O) groups excluding carboxylic acids is 2. The van der Waals surface area contributed by atoms with Crippen LogP contribution in [0.1, 0.15) is 25.7 Å². The van der Waals surface area contributed by atoms with Gasteiger partial charge in [0.05, 0.1) is 18.1 Å². The van der Waals surface area contributed by atoms with Gasteiger partial charge in [-0.1, -0.05) is 18.2 Å². The number of sulfonamides is 1. The molecule has 1 atom stereocenters. The summed E-state index contributed by atoms with van der Waals surface area (Å²) >= 11 is 0. The van der Waals surface area contributed by atoms with Crippen LogP contribution in [0.15, 0.2) is 35.2 Å². The molecule has 1 aromatic carbocycles. The van der Waals surface area contributed by atoms with Crippen molar-refractivity contribution < 1.29 is 27.5 Å². The van der Waals surface area contributed by atoms with Crippen molar-refractivity contribution in [2.45, 2.75) is 42.4 Å². The van der Waals surface area contributed by atoms with Crippen LogP contribution in [-0.2, 0) is 29.1 Å². The second-order valence-electron chi connectivity index (χ2n) is 7.00. The molecule has 8 nitrogen and oxygen atoms in total. The van der Waals surface area contributed by atoms with Crippen LogP contribution < -0.4 is 0 Å². The number of rotatable bonds is 3. The lowest BCUT2D eigenvalue weighted by atomic mass is 10.0. The first-order valence-electron chi connectivity index (χ1n) is 9.12. The molecule has 1 aromatic rings. The Morgan fingerprint density at radius 1 is 1.07 bits per heavy atom. The number of carbonyl (C=O) groups is 2. The number of hydrogen-bond acceptors (Lipinski definition) is 6. The number of nitrogens with zero attached hydrogens (tertiary/aromatic N) is 2. The number of hydrogen-bond donors (Lipinski definition) is 0. The van der Waals surface area contributed by atoms with E-state index in [9.17, 15) is 18.0 Å². The van der Waals surface area contributed by atoms with E-state index in [0.29, 0.717) is 39.1 Å². The van der Waals surface area contributed by atoms with Crippen molar-refractivity contribution in [2.75, 3.05) is 26.3 Å². The van der Waals surface area contributed by atoms with Crippen LogP contribution in [0.25, 0.3) is 0 Å². The standard InChI is InChI=1S/C18H22N2O6S/c21-16-7-6-15(20(16)27(23,24)14-4-2-1-3-5-14)17(22)19-10-8-18(9-11-19)25-12-13-26-18/h1-5,15H,6-13H2. The maximum atomic E-state index is 13.0. The predicted octanol–water partition coefficient (Wildman–Crippen LogP) is 0.732. The van der Waals surface area contributed by atoms with E-state index in [1.165, 1.54) is 12.1 Å². The molecule has 3 aliphatic heterocycles. The summed E-state index contributed by atoms with van der Waals surface area (Å²) in [6.07, 6.45) is 1.35. The molecule has 0 bridgehead atoms. The van der Waals surface area contributed by atoms with Crippen molar-refractivity contribution in [1.29, 1.82) is 0 Å². The minimum absolute atomic E-state index is 0.0170. The maximum Gasteiger partial charge on any atom is 0.267 e. The summed E-state index contributed by atoms with van der Waals surface area (Å²) in [5.74, 6) is -1.47. The van der Waals surface area contributed by atoms with Crippen LogP contribution in [-0.4, -0.2) is 67.6 Å². The average molecular weight is 394 g/mol. The Kier molecular flexibility index (Phi) is 4.69. The summed E-state index contributed by atoms with van der Waals surface area (Å²) in [5, 5.41) is 0. The van der Waals surface area contributed by atoms with E-state index in [1.807, 2.05) is 0 Å². The molecule has 3 fully saturated rings. The minimum Gasteiger partial charge on any atom is -0.347 e. The Morgan fingerprint density at radius 3 is 2.33 bits per heavy atom. The molecule has 3 heterocycles. The third kappa shape index (κ3) is 3.24. The van der Waals surface area contributed by atoms with E-state index in [1.54, 1.807) is 23.1 Å². The Bertz CT molecular complexity index is 825.